The summed E-state index contributed by atoms with van der Waals surface area (Å²) in [5.41, 5.74) is 1.34. The molecule has 0 aliphatic heterocycles. The molecular weight excluding hydrogens is 428 g/mol. The van der Waals surface area contributed by atoms with E-state index >= 15 is 0 Å². The molecule has 0 atom stereocenters. The first-order valence-corrected chi connectivity index (χ1v) is 9.81. The Morgan fingerprint density at radius 2 is 1.05 bits per heavy atom. The molecular formula is C13H12F6IP. The Morgan fingerprint density at radius 3 is 1.48 bits per heavy atom. The first kappa shape index (κ1) is 18.2. The third kappa shape index (κ3) is 12.6. The van der Waals surface area contributed by atoms with Gasteiger partial charge >= 0.3 is 54.2 Å². The molecule has 0 heterocycles. The second-order valence-electron chi connectivity index (χ2n) is 4.14. The number of hydrogen-bond acceptors (Lipinski definition) is 0. The number of rotatable bonds is 2. The van der Waals surface area contributed by atoms with Gasteiger partial charge in [-0.05, 0) is 31.2 Å². The summed E-state index contributed by atoms with van der Waals surface area (Å²) in [6.07, 6.45) is 0. The van der Waals surface area contributed by atoms with Crippen LogP contribution in [-0.4, -0.2) is 0 Å². The average molecular weight is 440 g/mol. The van der Waals surface area contributed by atoms with Gasteiger partial charge in [-0.3, -0.25) is 0 Å². The van der Waals surface area contributed by atoms with E-state index in [-0.39, 0.29) is 21.2 Å². The van der Waals surface area contributed by atoms with E-state index in [2.05, 4.69) is 61.5 Å². The standard InChI is InChI=1S/C13H12I.F6P/c1-11-7-9-13(10-8-11)14-12-5-3-2-4-6-12;1-7(2,3,4,5)6/h2-10H,1H3;/q+1;-1. The number of aryl methyl sites for hydroxylation is 1. The van der Waals surface area contributed by atoms with Crippen LogP contribution in [0.5, 0.6) is 0 Å². The quantitative estimate of drug-likeness (QED) is 0.381. The van der Waals surface area contributed by atoms with Crippen molar-refractivity contribution < 1.29 is 46.4 Å². The number of hydrogen-bond donors (Lipinski definition) is 0. The fourth-order valence-corrected chi connectivity index (χ4v) is 3.41. The Balaban J connectivity index is 0.000000270. The molecule has 0 radical (unpaired) electrons. The van der Waals surface area contributed by atoms with Gasteiger partial charge in [-0.15, -0.1) is 0 Å². The molecule has 0 aliphatic rings. The van der Waals surface area contributed by atoms with Crippen molar-refractivity contribution in [3.63, 3.8) is 0 Å². The van der Waals surface area contributed by atoms with Crippen molar-refractivity contribution in [1.82, 2.24) is 0 Å². The normalized spacial score (nSPS) is 14.4. The molecule has 0 aromatic heterocycles. The molecule has 0 amide bonds. The van der Waals surface area contributed by atoms with Gasteiger partial charge in [-0.25, -0.2) is 0 Å². The third-order valence-electron chi connectivity index (χ3n) is 1.96. The van der Waals surface area contributed by atoms with Gasteiger partial charge in [0.05, 0.1) is 0 Å². The molecule has 2 aromatic carbocycles. The van der Waals surface area contributed by atoms with Crippen molar-refractivity contribution in [2.45, 2.75) is 6.92 Å². The summed E-state index contributed by atoms with van der Waals surface area (Å²) in [6, 6.07) is 19.6. The molecule has 0 saturated carbocycles. The fraction of sp³-hybridized carbons (Fsp3) is 0.0769. The van der Waals surface area contributed by atoms with Crippen molar-refractivity contribution in [1.29, 1.82) is 0 Å². The summed E-state index contributed by atoms with van der Waals surface area (Å²) in [6.45, 7) is 2.13. The second-order valence-corrected chi connectivity index (χ2v) is 9.09. The molecule has 2 rings (SSSR count). The molecule has 0 fully saturated rings. The first-order chi connectivity index (χ1) is 9.29. The molecule has 0 aliphatic carbocycles. The van der Waals surface area contributed by atoms with Gasteiger partial charge in [0, 0.05) is 0 Å². The van der Waals surface area contributed by atoms with Gasteiger partial charge in [0.2, 0.25) is 0 Å². The summed E-state index contributed by atoms with van der Waals surface area (Å²) in [5.74, 6) is 0. The van der Waals surface area contributed by atoms with Crippen LogP contribution in [0.2, 0.25) is 0 Å². The van der Waals surface area contributed by atoms with E-state index in [0.29, 0.717) is 0 Å². The molecule has 118 valence electrons. The summed E-state index contributed by atoms with van der Waals surface area (Å²) >= 11 is 0.0159. The summed E-state index contributed by atoms with van der Waals surface area (Å²) in [4.78, 5) is 0. The van der Waals surface area contributed by atoms with Crippen molar-refractivity contribution in [3.05, 3.63) is 67.3 Å². The van der Waals surface area contributed by atoms with Gasteiger partial charge in [-0.1, -0.05) is 35.9 Å². The molecule has 0 unspecified atom stereocenters. The maximum absolute atomic E-state index is 10.7. The van der Waals surface area contributed by atoms with Crippen LogP contribution >= 0.6 is 7.81 Å². The van der Waals surface area contributed by atoms with E-state index in [0.717, 1.165) is 0 Å². The van der Waals surface area contributed by atoms with E-state index < -0.39 is 7.81 Å². The van der Waals surface area contributed by atoms with Gasteiger partial charge in [0.15, 0.2) is 7.14 Å². The Hall–Kier alpha value is -0.820. The van der Waals surface area contributed by atoms with Gasteiger partial charge in [0.25, 0.3) is 0 Å². The van der Waals surface area contributed by atoms with Crippen LogP contribution in [0.25, 0.3) is 0 Å². The number of benzene rings is 2. The second kappa shape index (κ2) is 5.76. The number of halogens is 7. The Bertz CT molecular complexity index is 566. The molecule has 0 saturated heterocycles. The fourth-order valence-electron chi connectivity index (χ4n) is 1.20. The SMILES string of the molecule is Cc1ccc([I+]c2ccccc2)cc1.F[P-](F)(F)(F)(F)F. The average Bonchev–Trinajstić information content (AvgIpc) is 2.30. The van der Waals surface area contributed by atoms with Crippen molar-refractivity contribution in [2.24, 2.45) is 0 Å². The predicted octanol–water partition coefficient (Wildman–Crippen LogP) is 3.51. The third-order valence-corrected chi connectivity index (χ3v) is 4.65. The summed E-state index contributed by atoms with van der Waals surface area (Å²) in [5, 5.41) is 0. The minimum absolute atomic E-state index is 0.0159. The Labute approximate surface area is 128 Å². The van der Waals surface area contributed by atoms with Crippen LogP contribution in [0.3, 0.4) is 0 Å². The van der Waals surface area contributed by atoms with E-state index in [4.69, 9.17) is 0 Å². The minimum atomic E-state index is -10.7. The van der Waals surface area contributed by atoms with Crippen LogP contribution in [0.4, 0.5) is 25.2 Å². The maximum atomic E-state index is 9.87. The molecule has 21 heavy (non-hydrogen) atoms. The van der Waals surface area contributed by atoms with E-state index in [9.17, 15) is 25.2 Å². The molecule has 0 nitrogen and oxygen atoms in total. The van der Waals surface area contributed by atoms with Crippen molar-refractivity contribution >= 4 is 7.81 Å². The predicted molar refractivity (Wildman–Crippen MR) is 68.6 cm³/mol. The zero-order valence-corrected chi connectivity index (χ0v) is 13.8. The van der Waals surface area contributed by atoms with Gasteiger partial charge in [-0.2, -0.15) is 0 Å². The molecule has 0 spiro atoms. The molecule has 2 aromatic rings. The Morgan fingerprint density at radius 1 is 0.667 bits per heavy atom. The molecule has 0 N–H and O–H groups in total. The van der Waals surface area contributed by atoms with Crippen molar-refractivity contribution in [2.75, 3.05) is 0 Å². The van der Waals surface area contributed by atoms with E-state index in [1.807, 2.05) is 0 Å². The van der Waals surface area contributed by atoms with E-state index in [1.54, 1.807) is 0 Å². The monoisotopic (exact) mass is 440 g/mol. The topological polar surface area (TPSA) is 0 Å². The zero-order chi connectivity index (χ0) is 16.2. The summed E-state index contributed by atoms with van der Waals surface area (Å²) in [7, 11) is -10.7. The van der Waals surface area contributed by atoms with Gasteiger partial charge < -0.3 is 0 Å². The summed E-state index contributed by atoms with van der Waals surface area (Å²) < 4.78 is 62.2. The van der Waals surface area contributed by atoms with Crippen LogP contribution < -0.4 is 21.2 Å². The van der Waals surface area contributed by atoms with Crippen LogP contribution in [-0.2, 0) is 0 Å². The van der Waals surface area contributed by atoms with Crippen LogP contribution in [0, 0.1) is 14.1 Å². The zero-order valence-electron chi connectivity index (χ0n) is 10.8. The van der Waals surface area contributed by atoms with E-state index in [1.165, 1.54) is 12.7 Å². The van der Waals surface area contributed by atoms with Gasteiger partial charge in [0.1, 0.15) is 0 Å². The van der Waals surface area contributed by atoms with Crippen LogP contribution in [0.15, 0.2) is 54.6 Å². The Kier molecular flexibility index (Phi) is 5.00. The van der Waals surface area contributed by atoms with Crippen molar-refractivity contribution in [3.8, 4) is 0 Å². The van der Waals surface area contributed by atoms with Crippen LogP contribution in [0.1, 0.15) is 5.56 Å². The molecule has 0 bridgehead atoms. The first-order valence-electron chi connectivity index (χ1n) is 5.62. The molecule has 8 heteroatoms.